The SMILES string of the molecule is CC1=C[C@H]2OC3C[C@H]4OC(=O)/C=C\C=C/C(=O)OCC[C@@H](C)[C@H](O)C(=O)OC[C@@]2(CC1=O)[C@]4(C)[C@]31CO1. The van der Waals surface area contributed by atoms with E-state index in [0.29, 0.717) is 18.6 Å². The second-order valence-corrected chi connectivity index (χ2v) is 10.9. The van der Waals surface area contributed by atoms with Crippen LogP contribution in [0.2, 0.25) is 0 Å². The molecule has 1 unspecified atom stereocenters. The largest absolute Gasteiger partial charge is 0.463 e. The molecule has 3 aliphatic heterocycles. The van der Waals surface area contributed by atoms with Crippen molar-refractivity contribution in [3.63, 3.8) is 0 Å². The van der Waals surface area contributed by atoms with Gasteiger partial charge in [-0.05, 0) is 30.9 Å². The van der Waals surface area contributed by atoms with Crippen LogP contribution in [0.5, 0.6) is 0 Å². The summed E-state index contributed by atoms with van der Waals surface area (Å²) >= 11 is 0. The minimum atomic E-state index is -1.46. The number of esters is 3. The zero-order valence-electron chi connectivity index (χ0n) is 21.1. The fraction of sp³-hybridized carbons (Fsp3) is 0.630. The molecule has 1 saturated carbocycles. The molecular formula is C27H32O10. The molecule has 8 atom stereocenters. The summed E-state index contributed by atoms with van der Waals surface area (Å²) in [7, 11) is 0. The van der Waals surface area contributed by atoms with Gasteiger partial charge in [-0.3, -0.25) is 4.79 Å². The van der Waals surface area contributed by atoms with Crippen molar-refractivity contribution in [2.45, 2.75) is 70.1 Å². The number of ether oxygens (including phenoxy) is 5. The molecule has 3 heterocycles. The molecule has 10 heteroatoms. The van der Waals surface area contributed by atoms with E-state index >= 15 is 0 Å². The first-order valence-electron chi connectivity index (χ1n) is 12.6. The normalized spacial score (nSPS) is 45.9. The molecule has 37 heavy (non-hydrogen) atoms. The molecule has 5 rings (SSSR count). The highest BCUT2D eigenvalue weighted by atomic mass is 16.6. The lowest BCUT2D eigenvalue weighted by Gasteiger charge is -2.57. The first-order valence-corrected chi connectivity index (χ1v) is 12.6. The number of allylic oxidation sites excluding steroid dienone is 3. The van der Waals surface area contributed by atoms with Gasteiger partial charge in [-0.1, -0.05) is 26.0 Å². The Balaban J connectivity index is 1.55. The summed E-state index contributed by atoms with van der Waals surface area (Å²) in [6.45, 7) is 5.42. The van der Waals surface area contributed by atoms with E-state index in [-0.39, 0.29) is 37.9 Å². The number of aliphatic hydroxyl groups excluding tert-OH is 1. The van der Waals surface area contributed by atoms with Crippen LogP contribution >= 0.6 is 0 Å². The van der Waals surface area contributed by atoms with E-state index in [0.717, 1.165) is 6.08 Å². The van der Waals surface area contributed by atoms with Crippen molar-refractivity contribution in [3.8, 4) is 0 Å². The average Bonchev–Trinajstić information content (AvgIpc) is 3.63. The molecule has 3 fully saturated rings. The van der Waals surface area contributed by atoms with Crippen molar-refractivity contribution in [1.29, 1.82) is 0 Å². The number of cyclic esters (lactones) is 2. The summed E-state index contributed by atoms with van der Waals surface area (Å²) in [4.78, 5) is 50.7. The van der Waals surface area contributed by atoms with Gasteiger partial charge in [0.2, 0.25) is 0 Å². The van der Waals surface area contributed by atoms with Crippen molar-refractivity contribution >= 4 is 23.7 Å². The topological polar surface area (TPSA) is 138 Å². The summed E-state index contributed by atoms with van der Waals surface area (Å²) in [5, 5.41) is 10.6. The van der Waals surface area contributed by atoms with Crippen LogP contribution in [0.25, 0.3) is 0 Å². The number of aliphatic hydroxyl groups is 1. The summed E-state index contributed by atoms with van der Waals surface area (Å²) in [6.07, 6.45) is 4.36. The zero-order chi connectivity index (χ0) is 26.6. The van der Waals surface area contributed by atoms with Crippen LogP contribution in [0.3, 0.4) is 0 Å². The quantitative estimate of drug-likeness (QED) is 0.285. The first-order chi connectivity index (χ1) is 17.5. The van der Waals surface area contributed by atoms with Gasteiger partial charge in [-0.25, -0.2) is 14.4 Å². The van der Waals surface area contributed by atoms with Crippen LogP contribution in [-0.4, -0.2) is 78.6 Å². The van der Waals surface area contributed by atoms with Gasteiger partial charge in [-0.15, -0.1) is 0 Å². The van der Waals surface area contributed by atoms with Crippen LogP contribution in [0.4, 0.5) is 0 Å². The van der Waals surface area contributed by atoms with Gasteiger partial charge < -0.3 is 28.8 Å². The maximum atomic E-state index is 13.1. The van der Waals surface area contributed by atoms with Crippen molar-refractivity contribution in [2.75, 3.05) is 19.8 Å². The van der Waals surface area contributed by atoms with Crippen molar-refractivity contribution in [1.82, 2.24) is 0 Å². The number of ketones is 1. The molecule has 0 aromatic carbocycles. The summed E-state index contributed by atoms with van der Waals surface area (Å²) in [5.41, 5.74) is -2.24. The van der Waals surface area contributed by atoms with Gasteiger partial charge in [-0.2, -0.15) is 0 Å². The average molecular weight is 517 g/mol. The summed E-state index contributed by atoms with van der Waals surface area (Å²) in [6, 6.07) is 0. The van der Waals surface area contributed by atoms with E-state index in [9.17, 15) is 24.3 Å². The Morgan fingerprint density at radius 3 is 2.41 bits per heavy atom. The lowest BCUT2D eigenvalue weighted by Crippen LogP contribution is -2.67. The number of carbonyl (C=O) groups excluding carboxylic acids is 4. The second-order valence-electron chi connectivity index (χ2n) is 10.9. The third-order valence-corrected chi connectivity index (χ3v) is 9.04. The van der Waals surface area contributed by atoms with Crippen LogP contribution in [0.15, 0.2) is 36.0 Å². The van der Waals surface area contributed by atoms with Gasteiger partial charge in [0, 0.05) is 25.0 Å². The number of hydrogen-bond acceptors (Lipinski definition) is 10. The van der Waals surface area contributed by atoms with Crippen LogP contribution in [-0.2, 0) is 42.9 Å². The Morgan fingerprint density at radius 1 is 1.00 bits per heavy atom. The zero-order valence-corrected chi connectivity index (χ0v) is 21.1. The third kappa shape index (κ3) is 3.97. The molecule has 0 radical (unpaired) electrons. The van der Waals surface area contributed by atoms with Crippen molar-refractivity contribution in [3.05, 3.63) is 36.0 Å². The molecule has 5 aliphatic rings. The lowest BCUT2D eigenvalue weighted by molar-refractivity contribution is -0.233. The van der Waals surface area contributed by atoms with E-state index in [1.807, 2.05) is 6.92 Å². The number of hydrogen-bond donors (Lipinski definition) is 1. The highest BCUT2D eigenvalue weighted by Crippen LogP contribution is 2.71. The van der Waals surface area contributed by atoms with E-state index in [2.05, 4.69) is 0 Å². The van der Waals surface area contributed by atoms with E-state index < -0.39 is 58.6 Å². The summed E-state index contributed by atoms with van der Waals surface area (Å²) < 4.78 is 29.2. The molecule has 200 valence electrons. The molecule has 0 aromatic heterocycles. The predicted octanol–water partition coefficient (Wildman–Crippen LogP) is 1.35. The highest BCUT2D eigenvalue weighted by molar-refractivity contribution is 5.96. The fourth-order valence-electron chi connectivity index (χ4n) is 6.50. The molecule has 2 aliphatic carbocycles. The predicted molar refractivity (Wildman–Crippen MR) is 126 cm³/mol. The van der Waals surface area contributed by atoms with Crippen LogP contribution < -0.4 is 0 Å². The van der Waals surface area contributed by atoms with Gasteiger partial charge >= 0.3 is 17.9 Å². The molecule has 0 amide bonds. The number of Topliss-reactive ketones (excluding diaryl/α,β-unsaturated/α-hetero) is 1. The number of carbonyl (C=O) groups is 4. The minimum Gasteiger partial charge on any atom is -0.463 e. The number of rotatable bonds is 0. The molecule has 0 aromatic rings. The Hall–Kier alpha value is -2.82. The van der Waals surface area contributed by atoms with Gasteiger partial charge in [0.05, 0.1) is 36.3 Å². The maximum Gasteiger partial charge on any atom is 0.335 e. The van der Waals surface area contributed by atoms with Gasteiger partial charge in [0.25, 0.3) is 0 Å². The first kappa shape index (κ1) is 25.8. The Labute approximate surface area is 214 Å². The molecule has 1 N–H and O–H groups in total. The van der Waals surface area contributed by atoms with Gasteiger partial charge in [0.15, 0.2) is 11.9 Å². The number of epoxide rings is 1. The Bertz CT molecular complexity index is 1100. The maximum absolute atomic E-state index is 13.1. The second kappa shape index (κ2) is 9.18. The molecule has 10 nitrogen and oxygen atoms in total. The van der Waals surface area contributed by atoms with Crippen molar-refractivity contribution < 1.29 is 48.0 Å². The molecule has 2 spiro atoms. The molecule has 2 bridgehead atoms. The van der Waals surface area contributed by atoms with Crippen LogP contribution in [0.1, 0.15) is 40.0 Å². The van der Waals surface area contributed by atoms with E-state index in [1.54, 1.807) is 19.9 Å². The van der Waals surface area contributed by atoms with E-state index in [1.165, 1.54) is 18.2 Å². The summed E-state index contributed by atoms with van der Waals surface area (Å²) in [5.74, 6) is -2.77. The minimum absolute atomic E-state index is 0.00976. The molecule has 2 saturated heterocycles. The molecular weight excluding hydrogens is 484 g/mol. The van der Waals surface area contributed by atoms with E-state index in [4.69, 9.17) is 23.7 Å². The van der Waals surface area contributed by atoms with Gasteiger partial charge in [0.1, 0.15) is 18.3 Å². The fourth-order valence-corrected chi connectivity index (χ4v) is 6.50. The highest BCUT2D eigenvalue weighted by Gasteiger charge is 2.83. The Kier molecular flexibility index (Phi) is 6.40. The van der Waals surface area contributed by atoms with Crippen molar-refractivity contribution in [2.24, 2.45) is 16.7 Å². The Morgan fingerprint density at radius 2 is 1.70 bits per heavy atom. The monoisotopic (exact) mass is 516 g/mol. The van der Waals surface area contributed by atoms with Crippen LogP contribution in [0, 0.1) is 16.7 Å². The third-order valence-electron chi connectivity index (χ3n) is 9.04. The lowest BCUT2D eigenvalue weighted by atomic mass is 9.51. The standard InChI is InChI=1S/C27H32O10/c1-15-8-9-33-21(29)6-4-5-7-22(30)37-18-11-20-27(14-35-27)25(18,3)26(13-34-24(32)23(15)31)12-17(28)16(2)10-19(26)36-20/h4-7,10,15,18-20,23,31H,8-9,11-14H2,1-3H3/b6-4-,7-5-/t15-,18-,19-,20?,23+,25-,26-,27+/m1/s1. The smallest absolute Gasteiger partial charge is 0.335 e.